The number of hydrogen-bond acceptors (Lipinski definition) is 2. The molecule has 0 aromatic heterocycles. The molecule has 2 amide bonds. The van der Waals surface area contributed by atoms with Crippen LogP contribution in [0.15, 0.2) is 24.3 Å². The third kappa shape index (κ3) is 4.35. The van der Waals surface area contributed by atoms with E-state index < -0.39 is 17.8 Å². The molecule has 1 fully saturated rings. The van der Waals surface area contributed by atoms with Gasteiger partial charge in [0.25, 0.3) is 0 Å². The van der Waals surface area contributed by atoms with Crippen molar-refractivity contribution in [2.24, 2.45) is 11.1 Å². The van der Waals surface area contributed by atoms with Crippen molar-refractivity contribution in [2.45, 2.75) is 25.4 Å². The normalized spacial score (nSPS) is 16.4. The molecule has 116 valence electrons. The fourth-order valence-corrected chi connectivity index (χ4v) is 2.21. The van der Waals surface area contributed by atoms with E-state index in [2.05, 4.69) is 10.6 Å². The number of alkyl halides is 3. The van der Waals surface area contributed by atoms with Crippen LogP contribution in [0.3, 0.4) is 0 Å². The van der Waals surface area contributed by atoms with E-state index >= 15 is 0 Å². The fraction of sp³-hybridized carbons (Fsp3) is 0.500. The van der Waals surface area contributed by atoms with Gasteiger partial charge >= 0.3 is 12.2 Å². The first-order valence-electron chi connectivity index (χ1n) is 6.77. The Hall–Kier alpha value is -1.76. The zero-order chi connectivity index (χ0) is 15.5. The van der Waals surface area contributed by atoms with Gasteiger partial charge in [0.1, 0.15) is 0 Å². The highest BCUT2D eigenvalue weighted by molar-refractivity contribution is 5.89. The van der Waals surface area contributed by atoms with Crippen LogP contribution in [0.5, 0.6) is 0 Å². The third-order valence-electron chi connectivity index (χ3n) is 3.70. The summed E-state index contributed by atoms with van der Waals surface area (Å²) in [5, 5.41) is 5.11. The van der Waals surface area contributed by atoms with E-state index in [0.717, 1.165) is 31.4 Å². The Labute approximate surface area is 120 Å². The molecular formula is C14H18F3N3O. The van der Waals surface area contributed by atoms with Gasteiger partial charge in [-0.1, -0.05) is 6.07 Å². The molecule has 4 nitrogen and oxygen atoms in total. The summed E-state index contributed by atoms with van der Waals surface area (Å²) in [6.07, 6.45) is -1.54. The number of halogens is 3. The molecule has 0 saturated heterocycles. The Kier molecular flexibility index (Phi) is 4.41. The number of carbonyl (C=O) groups is 1. The average molecular weight is 301 g/mol. The van der Waals surface area contributed by atoms with Gasteiger partial charge in [-0.3, -0.25) is 0 Å². The van der Waals surface area contributed by atoms with Crippen LogP contribution in [0.2, 0.25) is 0 Å². The maximum absolute atomic E-state index is 12.6. The van der Waals surface area contributed by atoms with Crippen molar-refractivity contribution in [3.63, 3.8) is 0 Å². The van der Waals surface area contributed by atoms with E-state index in [1.54, 1.807) is 0 Å². The maximum Gasteiger partial charge on any atom is 0.416 e. The maximum atomic E-state index is 12.6. The zero-order valence-electron chi connectivity index (χ0n) is 11.5. The summed E-state index contributed by atoms with van der Waals surface area (Å²) in [5.74, 6) is 0. The predicted molar refractivity (Wildman–Crippen MR) is 73.8 cm³/mol. The first-order valence-corrected chi connectivity index (χ1v) is 6.77. The number of urea groups is 1. The van der Waals surface area contributed by atoms with E-state index in [0.29, 0.717) is 13.1 Å². The lowest BCUT2D eigenvalue weighted by Crippen LogP contribution is -2.34. The minimum absolute atomic E-state index is 0.0832. The number of nitrogens with one attached hydrogen (secondary N) is 2. The summed E-state index contributed by atoms with van der Waals surface area (Å²) in [7, 11) is 0. The molecule has 1 aromatic carbocycles. The van der Waals surface area contributed by atoms with Gasteiger partial charge in [0.05, 0.1) is 5.56 Å². The van der Waals surface area contributed by atoms with Crippen LogP contribution in [0.25, 0.3) is 0 Å². The molecule has 0 radical (unpaired) electrons. The summed E-state index contributed by atoms with van der Waals surface area (Å²) in [5.41, 5.74) is 4.92. The molecule has 0 unspecified atom stereocenters. The Balaban J connectivity index is 1.88. The van der Waals surface area contributed by atoms with Crippen molar-refractivity contribution in [1.82, 2.24) is 5.32 Å². The molecule has 1 saturated carbocycles. The van der Waals surface area contributed by atoms with Gasteiger partial charge in [-0.25, -0.2) is 4.79 Å². The van der Waals surface area contributed by atoms with E-state index in [4.69, 9.17) is 5.73 Å². The molecule has 0 heterocycles. The van der Waals surface area contributed by atoms with Crippen LogP contribution < -0.4 is 16.4 Å². The van der Waals surface area contributed by atoms with Crippen LogP contribution in [0, 0.1) is 5.41 Å². The van der Waals surface area contributed by atoms with Crippen LogP contribution in [0.1, 0.15) is 24.8 Å². The number of carbonyl (C=O) groups excluding carboxylic acids is 1. The molecule has 2 rings (SSSR count). The van der Waals surface area contributed by atoms with Gasteiger partial charge < -0.3 is 16.4 Å². The largest absolute Gasteiger partial charge is 0.416 e. The number of hydrogen-bond donors (Lipinski definition) is 3. The molecule has 1 aliphatic rings. The van der Waals surface area contributed by atoms with Gasteiger partial charge in [0.15, 0.2) is 0 Å². The molecule has 4 N–H and O–H groups in total. The van der Waals surface area contributed by atoms with Crippen LogP contribution in [0.4, 0.5) is 23.7 Å². The first kappa shape index (κ1) is 15.6. The SMILES string of the molecule is NCCC1(CNC(=O)Nc2cccc(C(F)(F)F)c2)CC1. The monoisotopic (exact) mass is 301 g/mol. The van der Waals surface area contributed by atoms with Crippen molar-refractivity contribution in [2.75, 3.05) is 18.4 Å². The Morgan fingerprint density at radius 3 is 2.62 bits per heavy atom. The molecular weight excluding hydrogens is 283 g/mol. The first-order chi connectivity index (χ1) is 9.85. The molecule has 7 heteroatoms. The molecule has 21 heavy (non-hydrogen) atoms. The second-order valence-corrected chi connectivity index (χ2v) is 5.42. The predicted octanol–water partition coefficient (Wildman–Crippen LogP) is 2.96. The van der Waals surface area contributed by atoms with Gasteiger partial charge in [0, 0.05) is 12.2 Å². The van der Waals surface area contributed by atoms with Crippen molar-refractivity contribution >= 4 is 11.7 Å². The van der Waals surface area contributed by atoms with E-state index in [-0.39, 0.29) is 11.1 Å². The van der Waals surface area contributed by atoms with E-state index in [1.807, 2.05) is 0 Å². The van der Waals surface area contributed by atoms with Crippen LogP contribution in [-0.2, 0) is 6.18 Å². The van der Waals surface area contributed by atoms with E-state index in [1.165, 1.54) is 12.1 Å². The smallest absolute Gasteiger partial charge is 0.337 e. The molecule has 0 aliphatic heterocycles. The third-order valence-corrected chi connectivity index (χ3v) is 3.70. The minimum atomic E-state index is -4.42. The number of nitrogens with two attached hydrogens (primary N) is 1. The van der Waals surface area contributed by atoms with Crippen molar-refractivity contribution < 1.29 is 18.0 Å². The van der Waals surface area contributed by atoms with Gasteiger partial charge in [-0.15, -0.1) is 0 Å². The molecule has 0 atom stereocenters. The second kappa shape index (κ2) is 5.93. The number of benzene rings is 1. The number of amides is 2. The lowest BCUT2D eigenvalue weighted by molar-refractivity contribution is -0.137. The Morgan fingerprint density at radius 1 is 1.33 bits per heavy atom. The molecule has 1 aliphatic carbocycles. The zero-order valence-corrected chi connectivity index (χ0v) is 11.5. The van der Waals surface area contributed by atoms with E-state index in [9.17, 15) is 18.0 Å². The van der Waals surface area contributed by atoms with Gasteiger partial charge in [-0.05, 0) is 49.4 Å². The topological polar surface area (TPSA) is 67.1 Å². The van der Waals surface area contributed by atoms with Gasteiger partial charge in [-0.2, -0.15) is 13.2 Å². The molecule has 1 aromatic rings. The average Bonchev–Trinajstić information content (AvgIpc) is 3.17. The lowest BCUT2D eigenvalue weighted by Gasteiger charge is -2.15. The highest BCUT2D eigenvalue weighted by Gasteiger charge is 2.41. The van der Waals surface area contributed by atoms with Crippen molar-refractivity contribution in [3.05, 3.63) is 29.8 Å². The molecule has 0 bridgehead atoms. The highest BCUT2D eigenvalue weighted by Crippen LogP contribution is 2.47. The highest BCUT2D eigenvalue weighted by atomic mass is 19.4. The lowest BCUT2D eigenvalue weighted by atomic mass is 10.0. The van der Waals surface area contributed by atoms with Crippen LogP contribution >= 0.6 is 0 Å². The Bertz CT molecular complexity index is 512. The summed E-state index contributed by atoms with van der Waals surface area (Å²) in [6, 6.07) is 4.05. The standard InChI is InChI=1S/C14H18F3N3O/c15-14(16,17)10-2-1-3-11(8-10)20-12(21)19-9-13(4-5-13)6-7-18/h1-3,8H,4-7,9,18H2,(H2,19,20,21). The summed E-state index contributed by atoms with van der Waals surface area (Å²) >= 11 is 0. The summed E-state index contributed by atoms with van der Waals surface area (Å²) in [6.45, 7) is 1.06. The van der Waals surface area contributed by atoms with Crippen LogP contribution in [-0.4, -0.2) is 19.1 Å². The summed E-state index contributed by atoms with van der Waals surface area (Å²) < 4.78 is 37.7. The quantitative estimate of drug-likeness (QED) is 0.782. The second-order valence-electron chi connectivity index (χ2n) is 5.42. The number of anilines is 1. The van der Waals surface area contributed by atoms with Gasteiger partial charge in [0.2, 0.25) is 0 Å². The minimum Gasteiger partial charge on any atom is -0.337 e. The molecule has 0 spiro atoms. The number of rotatable bonds is 5. The van der Waals surface area contributed by atoms with Crippen molar-refractivity contribution in [3.8, 4) is 0 Å². The Morgan fingerprint density at radius 2 is 2.05 bits per heavy atom. The fourth-order valence-electron chi connectivity index (χ4n) is 2.21. The van der Waals surface area contributed by atoms with Crippen molar-refractivity contribution in [1.29, 1.82) is 0 Å². The summed E-state index contributed by atoms with van der Waals surface area (Å²) in [4.78, 5) is 11.7.